The third kappa shape index (κ3) is 7.77. The maximum atomic E-state index is 11.9. The molecule has 3 atom stereocenters. The fourth-order valence-electron chi connectivity index (χ4n) is 4.85. The Labute approximate surface area is 231 Å². The minimum absolute atomic E-state index is 0.0167. The van der Waals surface area contributed by atoms with Gasteiger partial charge in [-0.15, -0.1) is 6.58 Å². The number of hydrogen-bond acceptors (Lipinski definition) is 5. The number of amides is 2. The van der Waals surface area contributed by atoms with Crippen LogP contribution in [-0.4, -0.2) is 48.8 Å². The Morgan fingerprint density at radius 2 is 1.74 bits per heavy atom. The zero-order valence-electron chi connectivity index (χ0n) is 22.8. The lowest BCUT2D eigenvalue weighted by molar-refractivity contribution is -0.252. The van der Waals surface area contributed by atoms with Crippen LogP contribution in [0.1, 0.15) is 48.0 Å². The highest BCUT2D eigenvalue weighted by atomic mass is 16.7. The van der Waals surface area contributed by atoms with E-state index in [2.05, 4.69) is 59.5 Å². The number of benzene rings is 3. The molecule has 3 N–H and O–H groups in total. The third-order valence-electron chi connectivity index (χ3n) is 6.86. The van der Waals surface area contributed by atoms with Crippen molar-refractivity contribution in [2.24, 2.45) is 0 Å². The predicted molar refractivity (Wildman–Crippen MR) is 154 cm³/mol. The molecule has 0 unspecified atom stereocenters. The van der Waals surface area contributed by atoms with Gasteiger partial charge in [0.1, 0.15) is 0 Å². The van der Waals surface area contributed by atoms with Crippen molar-refractivity contribution >= 4 is 6.03 Å². The number of carbonyl (C=O) groups is 1. The third-order valence-corrected chi connectivity index (χ3v) is 6.86. The number of carbonyl (C=O) groups excluding carboxylic acids is 1. The fraction of sp³-hybridized carbons (Fsp3) is 0.344. The Kier molecular flexibility index (Phi) is 10.3. The average Bonchev–Trinajstić information content (AvgIpc) is 2.96. The first-order valence-corrected chi connectivity index (χ1v) is 13.5. The van der Waals surface area contributed by atoms with Gasteiger partial charge >= 0.3 is 6.03 Å². The normalized spacial score (nSPS) is 19.0. The topological polar surface area (TPSA) is 83.1 Å². The lowest BCUT2D eigenvalue weighted by Crippen LogP contribution is -2.37. The molecule has 3 aromatic carbocycles. The van der Waals surface area contributed by atoms with E-state index >= 15 is 0 Å². The van der Waals surface area contributed by atoms with Crippen molar-refractivity contribution in [2.75, 3.05) is 26.7 Å². The van der Waals surface area contributed by atoms with Crippen LogP contribution >= 0.6 is 0 Å². The standard InChI is InChI=1S/C32H39N3O4/c1-4-18-35(3)21-28-19-30(25-12-10-23(22-36)11-13-25)39-31(38-28)26-16-14-24(15-17-26)29-9-7-6-8-27(29)20-34-32(37)33-5-2/h4,6-17,28,30-31,36H,1,5,18-22H2,2-3H3,(H2,33,34,37)/t28-,30+,31+/m0/s1. The molecule has 0 spiro atoms. The van der Waals surface area contributed by atoms with Crippen LogP contribution in [-0.2, 0) is 22.6 Å². The molecule has 0 aromatic heterocycles. The molecular weight excluding hydrogens is 490 g/mol. The van der Waals surface area contributed by atoms with Gasteiger partial charge in [0.2, 0.25) is 0 Å². The number of likely N-dealkylation sites (N-methyl/N-ethyl adjacent to an activating group) is 1. The van der Waals surface area contributed by atoms with E-state index in [0.717, 1.165) is 52.9 Å². The summed E-state index contributed by atoms with van der Waals surface area (Å²) in [7, 11) is 2.06. The number of rotatable bonds is 11. The SMILES string of the molecule is C=CCN(C)C[C@@H]1C[C@H](c2ccc(CO)cc2)O[C@H](c2ccc(-c3ccccc3CNC(=O)NCC)cc2)O1. The second-order valence-corrected chi connectivity index (χ2v) is 9.85. The van der Waals surface area contributed by atoms with Crippen LogP contribution in [0.3, 0.4) is 0 Å². The quantitative estimate of drug-likeness (QED) is 0.293. The minimum Gasteiger partial charge on any atom is -0.392 e. The summed E-state index contributed by atoms with van der Waals surface area (Å²) in [5.41, 5.74) is 6.06. The smallest absolute Gasteiger partial charge is 0.315 e. The molecule has 0 saturated carbocycles. The van der Waals surface area contributed by atoms with Crippen molar-refractivity contribution in [3.8, 4) is 11.1 Å². The zero-order chi connectivity index (χ0) is 27.6. The average molecular weight is 530 g/mol. The van der Waals surface area contributed by atoms with Crippen LogP contribution in [0.25, 0.3) is 11.1 Å². The summed E-state index contributed by atoms with van der Waals surface area (Å²) in [5.74, 6) is 0. The van der Waals surface area contributed by atoms with Crippen LogP contribution < -0.4 is 10.6 Å². The van der Waals surface area contributed by atoms with Crippen molar-refractivity contribution in [1.29, 1.82) is 0 Å². The Morgan fingerprint density at radius 3 is 2.44 bits per heavy atom. The molecule has 0 radical (unpaired) electrons. The maximum absolute atomic E-state index is 11.9. The summed E-state index contributed by atoms with van der Waals surface area (Å²) in [6, 6.07) is 24.1. The summed E-state index contributed by atoms with van der Waals surface area (Å²) >= 11 is 0. The van der Waals surface area contributed by atoms with Crippen LogP contribution in [0, 0.1) is 0 Å². The van der Waals surface area contributed by atoms with Crippen LogP contribution in [0.2, 0.25) is 0 Å². The molecule has 1 saturated heterocycles. The van der Waals surface area contributed by atoms with Crippen LogP contribution in [0.5, 0.6) is 0 Å². The molecule has 1 fully saturated rings. The van der Waals surface area contributed by atoms with Gasteiger partial charge in [-0.05, 0) is 41.8 Å². The monoisotopic (exact) mass is 529 g/mol. The van der Waals surface area contributed by atoms with E-state index < -0.39 is 6.29 Å². The van der Waals surface area contributed by atoms with Crippen molar-refractivity contribution in [2.45, 2.75) is 45.0 Å². The zero-order valence-corrected chi connectivity index (χ0v) is 22.8. The van der Waals surface area contributed by atoms with Gasteiger partial charge < -0.3 is 30.1 Å². The molecule has 1 aliphatic rings. The molecule has 1 aliphatic heterocycles. The van der Waals surface area contributed by atoms with E-state index in [0.29, 0.717) is 13.1 Å². The van der Waals surface area contributed by atoms with E-state index in [1.165, 1.54) is 0 Å². The summed E-state index contributed by atoms with van der Waals surface area (Å²) in [4.78, 5) is 14.1. The van der Waals surface area contributed by atoms with Crippen molar-refractivity contribution in [3.63, 3.8) is 0 Å². The number of nitrogens with zero attached hydrogens (tertiary/aromatic N) is 1. The molecule has 0 aliphatic carbocycles. The fourth-order valence-corrected chi connectivity index (χ4v) is 4.85. The summed E-state index contributed by atoms with van der Waals surface area (Å²) in [6.07, 6.45) is 1.98. The molecule has 1 heterocycles. The summed E-state index contributed by atoms with van der Waals surface area (Å²) < 4.78 is 12.9. The van der Waals surface area contributed by atoms with Gasteiger partial charge in [0.25, 0.3) is 0 Å². The Morgan fingerprint density at radius 1 is 1.03 bits per heavy atom. The van der Waals surface area contributed by atoms with E-state index in [-0.39, 0.29) is 24.8 Å². The Hall–Kier alpha value is -3.49. The highest BCUT2D eigenvalue weighted by molar-refractivity contribution is 5.74. The summed E-state index contributed by atoms with van der Waals surface area (Å²) in [5, 5.41) is 15.1. The molecule has 2 amide bonds. The first kappa shape index (κ1) is 28.5. The minimum atomic E-state index is -0.507. The van der Waals surface area contributed by atoms with E-state index in [9.17, 15) is 9.90 Å². The maximum Gasteiger partial charge on any atom is 0.315 e. The molecule has 7 heteroatoms. The first-order chi connectivity index (χ1) is 19.0. The summed E-state index contributed by atoms with van der Waals surface area (Å²) in [6.45, 7) is 8.33. The van der Waals surface area contributed by atoms with Gasteiger partial charge in [-0.25, -0.2) is 4.79 Å². The molecule has 3 aromatic rings. The van der Waals surface area contributed by atoms with Crippen LogP contribution in [0.4, 0.5) is 4.79 Å². The number of aliphatic hydroxyl groups is 1. The molecule has 39 heavy (non-hydrogen) atoms. The van der Waals surface area contributed by atoms with E-state index in [1.54, 1.807) is 0 Å². The van der Waals surface area contributed by atoms with Crippen molar-refractivity contribution in [1.82, 2.24) is 15.5 Å². The van der Waals surface area contributed by atoms with Gasteiger partial charge in [0.05, 0.1) is 18.8 Å². The lowest BCUT2D eigenvalue weighted by Gasteiger charge is -2.37. The number of hydrogen-bond donors (Lipinski definition) is 3. The molecule has 0 bridgehead atoms. The molecule has 7 nitrogen and oxygen atoms in total. The number of urea groups is 1. The van der Waals surface area contributed by atoms with Gasteiger partial charge in [-0.1, -0.05) is 78.9 Å². The highest BCUT2D eigenvalue weighted by Crippen LogP contribution is 2.38. The lowest BCUT2D eigenvalue weighted by atomic mass is 9.97. The number of nitrogens with one attached hydrogen (secondary N) is 2. The molecule has 206 valence electrons. The van der Waals surface area contributed by atoms with Gasteiger partial charge in [-0.2, -0.15) is 0 Å². The predicted octanol–water partition coefficient (Wildman–Crippen LogP) is 5.33. The van der Waals surface area contributed by atoms with Crippen molar-refractivity contribution < 1.29 is 19.4 Å². The van der Waals surface area contributed by atoms with Gasteiger partial charge in [0, 0.05) is 38.2 Å². The second kappa shape index (κ2) is 14.1. The largest absolute Gasteiger partial charge is 0.392 e. The molecular formula is C32H39N3O4. The first-order valence-electron chi connectivity index (χ1n) is 13.5. The second-order valence-electron chi connectivity index (χ2n) is 9.85. The van der Waals surface area contributed by atoms with E-state index in [4.69, 9.17) is 9.47 Å². The van der Waals surface area contributed by atoms with Gasteiger partial charge in [-0.3, -0.25) is 0 Å². The highest BCUT2D eigenvalue weighted by Gasteiger charge is 2.32. The van der Waals surface area contributed by atoms with E-state index in [1.807, 2.05) is 55.5 Å². The van der Waals surface area contributed by atoms with Crippen LogP contribution in [0.15, 0.2) is 85.5 Å². The number of ether oxygens (including phenoxy) is 2. The molecule has 4 rings (SSSR count). The van der Waals surface area contributed by atoms with Gasteiger partial charge in [0.15, 0.2) is 6.29 Å². The van der Waals surface area contributed by atoms with Crippen molar-refractivity contribution in [3.05, 3.63) is 108 Å². The number of aliphatic hydroxyl groups excluding tert-OH is 1. The Balaban J connectivity index is 1.53. The Bertz CT molecular complexity index is 1210.